The van der Waals surface area contributed by atoms with Crippen molar-refractivity contribution in [1.82, 2.24) is 20.6 Å². The first-order valence-electron chi connectivity index (χ1n) is 5.16. The predicted molar refractivity (Wildman–Crippen MR) is 62.7 cm³/mol. The normalized spacial score (nSPS) is 9.76. The Labute approximate surface area is 104 Å². The maximum atomic E-state index is 11.5. The van der Waals surface area contributed by atoms with Gasteiger partial charge in [0.05, 0.1) is 12.4 Å². The van der Waals surface area contributed by atoms with Crippen LogP contribution in [0.5, 0.6) is 0 Å². The second-order valence-corrected chi connectivity index (χ2v) is 3.57. The summed E-state index contributed by atoms with van der Waals surface area (Å²) in [4.78, 5) is 30.2. The molecule has 6 nitrogen and oxygen atoms in total. The molecular weight excluding hydrogens is 244 g/mol. The predicted octanol–water partition coefficient (Wildman–Crippen LogP) is 0.386. The van der Waals surface area contributed by atoms with Crippen molar-refractivity contribution in [3.8, 4) is 0 Å². The molecular formula is C10H13ClN4O2. The van der Waals surface area contributed by atoms with Gasteiger partial charge in [0.25, 0.3) is 5.91 Å². The Morgan fingerprint density at radius 2 is 2.12 bits per heavy atom. The average molecular weight is 257 g/mol. The molecule has 92 valence electrons. The quantitative estimate of drug-likeness (QED) is 0.798. The molecule has 0 fully saturated rings. The first-order valence-corrected chi connectivity index (χ1v) is 5.53. The van der Waals surface area contributed by atoms with Crippen LogP contribution in [0.25, 0.3) is 0 Å². The number of aromatic nitrogens is 2. The van der Waals surface area contributed by atoms with E-state index in [9.17, 15) is 9.59 Å². The molecule has 17 heavy (non-hydrogen) atoms. The minimum atomic E-state index is -0.399. The summed E-state index contributed by atoms with van der Waals surface area (Å²) in [5.74, 6) is -0.505. The summed E-state index contributed by atoms with van der Waals surface area (Å²) in [6.45, 7) is 2.66. The van der Waals surface area contributed by atoms with E-state index in [-0.39, 0.29) is 29.7 Å². The molecule has 1 aromatic heterocycles. The molecule has 7 heteroatoms. The van der Waals surface area contributed by atoms with Crippen LogP contribution in [0.2, 0.25) is 5.15 Å². The van der Waals surface area contributed by atoms with Crippen LogP contribution < -0.4 is 10.6 Å². The molecule has 0 saturated heterocycles. The lowest BCUT2D eigenvalue weighted by atomic mass is 10.3. The van der Waals surface area contributed by atoms with Crippen molar-refractivity contribution in [2.75, 3.05) is 13.1 Å². The van der Waals surface area contributed by atoms with Gasteiger partial charge >= 0.3 is 0 Å². The van der Waals surface area contributed by atoms with Crippen LogP contribution in [-0.4, -0.2) is 34.9 Å². The van der Waals surface area contributed by atoms with E-state index < -0.39 is 5.91 Å². The van der Waals surface area contributed by atoms with Crippen molar-refractivity contribution in [2.45, 2.75) is 13.3 Å². The third-order valence-corrected chi connectivity index (χ3v) is 2.03. The molecule has 0 saturated carbocycles. The van der Waals surface area contributed by atoms with Gasteiger partial charge in [-0.25, -0.2) is 4.98 Å². The van der Waals surface area contributed by atoms with Crippen molar-refractivity contribution in [3.63, 3.8) is 0 Å². The van der Waals surface area contributed by atoms with E-state index in [1.165, 1.54) is 12.4 Å². The second-order valence-electron chi connectivity index (χ2n) is 3.19. The molecule has 0 spiro atoms. The molecule has 0 aliphatic rings. The van der Waals surface area contributed by atoms with E-state index in [1.54, 1.807) is 0 Å². The van der Waals surface area contributed by atoms with Crippen LogP contribution >= 0.6 is 11.6 Å². The molecule has 1 rings (SSSR count). The number of nitrogens with zero attached hydrogens (tertiary/aromatic N) is 2. The summed E-state index contributed by atoms with van der Waals surface area (Å²) in [5, 5.41) is 5.34. The van der Waals surface area contributed by atoms with Gasteiger partial charge in [-0.1, -0.05) is 11.6 Å². The summed E-state index contributed by atoms with van der Waals surface area (Å²) < 4.78 is 0. The first kappa shape index (κ1) is 13.4. The third-order valence-electron chi connectivity index (χ3n) is 1.85. The van der Waals surface area contributed by atoms with Gasteiger partial charge in [-0.2, -0.15) is 0 Å². The highest BCUT2D eigenvalue weighted by Gasteiger charge is 2.08. The number of halogens is 1. The lowest BCUT2D eigenvalue weighted by Gasteiger charge is -2.04. The fourth-order valence-electron chi connectivity index (χ4n) is 1.12. The van der Waals surface area contributed by atoms with Gasteiger partial charge in [0.1, 0.15) is 10.8 Å². The standard InChI is InChI=1S/C10H13ClN4O2/c1-2-13-9(16)3-4-14-10(17)7-5-12-6-8(11)15-7/h5-6H,2-4H2,1H3,(H,13,16)(H,14,17). The summed E-state index contributed by atoms with van der Waals surface area (Å²) in [7, 11) is 0. The first-order chi connectivity index (χ1) is 8.13. The van der Waals surface area contributed by atoms with Crippen LogP contribution in [-0.2, 0) is 4.79 Å². The van der Waals surface area contributed by atoms with Crippen molar-refractivity contribution < 1.29 is 9.59 Å². The van der Waals surface area contributed by atoms with Crippen molar-refractivity contribution in [1.29, 1.82) is 0 Å². The topological polar surface area (TPSA) is 84.0 Å². The molecule has 0 aliphatic carbocycles. The lowest BCUT2D eigenvalue weighted by Crippen LogP contribution is -2.31. The highest BCUT2D eigenvalue weighted by Crippen LogP contribution is 2.01. The van der Waals surface area contributed by atoms with Gasteiger partial charge in [-0.3, -0.25) is 14.6 Å². The number of amides is 2. The number of nitrogens with one attached hydrogen (secondary N) is 2. The summed E-state index contributed by atoms with van der Waals surface area (Å²) >= 11 is 5.60. The Hall–Kier alpha value is -1.69. The molecule has 0 aromatic carbocycles. The van der Waals surface area contributed by atoms with E-state index >= 15 is 0 Å². The molecule has 0 radical (unpaired) electrons. The van der Waals surface area contributed by atoms with E-state index in [4.69, 9.17) is 11.6 Å². The fourth-order valence-corrected chi connectivity index (χ4v) is 1.26. The fraction of sp³-hybridized carbons (Fsp3) is 0.400. The Balaban J connectivity index is 2.38. The SMILES string of the molecule is CCNC(=O)CCNC(=O)c1cncc(Cl)n1. The number of hydrogen-bond donors (Lipinski definition) is 2. The molecule has 0 bridgehead atoms. The molecule has 0 unspecified atom stereocenters. The van der Waals surface area contributed by atoms with E-state index in [0.29, 0.717) is 6.54 Å². The maximum Gasteiger partial charge on any atom is 0.271 e. The third kappa shape index (κ3) is 4.78. The second kappa shape index (κ2) is 6.80. The largest absolute Gasteiger partial charge is 0.356 e. The number of carbonyl (C=O) groups is 2. The summed E-state index contributed by atoms with van der Waals surface area (Å²) in [5.41, 5.74) is 0.133. The smallest absolute Gasteiger partial charge is 0.271 e. The van der Waals surface area contributed by atoms with Gasteiger partial charge in [0, 0.05) is 19.5 Å². The Bertz CT molecular complexity index is 411. The zero-order chi connectivity index (χ0) is 12.7. The van der Waals surface area contributed by atoms with Gasteiger partial charge < -0.3 is 10.6 Å². The van der Waals surface area contributed by atoms with Crippen molar-refractivity contribution in [3.05, 3.63) is 23.2 Å². The Morgan fingerprint density at radius 1 is 1.35 bits per heavy atom. The van der Waals surface area contributed by atoms with E-state index in [0.717, 1.165) is 0 Å². The minimum Gasteiger partial charge on any atom is -0.356 e. The number of carbonyl (C=O) groups excluding carboxylic acids is 2. The summed E-state index contributed by atoms with van der Waals surface area (Å²) in [6.07, 6.45) is 2.88. The zero-order valence-corrected chi connectivity index (χ0v) is 10.1. The van der Waals surface area contributed by atoms with E-state index in [2.05, 4.69) is 20.6 Å². The van der Waals surface area contributed by atoms with Gasteiger partial charge in [-0.05, 0) is 6.92 Å². The molecule has 2 amide bonds. The molecule has 0 atom stereocenters. The van der Waals surface area contributed by atoms with Crippen LogP contribution in [0, 0.1) is 0 Å². The van der Waals surface area contributed by atoms with Crippen molar-refractivity contribution in [2.24, 2.45) is 0 Å². The van der Waals surface area contributed by atoms with E-state index in [1.807, 2.05) is 6.92 Å². The Kier molecular flexibility index (Phi) is 5.35. The van der Waals surface area contributed by atoms with Gasteiger partial charge in [0.2, 0.25) is 5.91 Å². The number of hydrogen-bond acceptors (Lipinski definition) is 4. The highest BCUT2D eigenvalue weighted by atomic mass is 35.5. The van der Waals surface area contributed by atoms with Gasteiger partial charge in [0.15, 0.2) is 0 Å². The zero-order valence-electron chi connectivity index (χ0n) is 9.36. The van der Waals surface area contributed by atoms with Gasteiger partial charge in [-0.15, -0.1) is 0 Å². The van der Waals surface area contributed by atoms with Crippen LogP contribution in [0.3, 0.4) is 0 Å². The Morgan fingerprint density at radius 3 is 2.76 bits per heavy atom. The monoisotopic (exact) mass is 256 g/mol. The van der Waals surface area contributed by atoms with Crippen molar-refractivity contribution >= 4 is 23.4 Å². The van der Waals surface area contributed by atoms with Crippen LogP contribution in [0.15, 0.2) is 12.4 Å². The molecule has 2 N–H and O–H groups in total. The molecule has 1 aromatic rings. The number of rotatable bonds is 5. The highest BCUT2D eigenvalue weighted by molar-refractivity contribution is 6.29. The van der Waals surface area contributed by atoms with Crippen LogP contribution in [0.4, 0.5) is 0 Å². The molecule has 0 aliphatic heterocycles. The maximum absolute atomic E-state index is 11.5. The average Bonchev–Trinajstić information content (AvgIpc) is 2.29. The van der Waals surface area contributed by atoms with Crippen LogP contribution in [0.1, 0.15) is 23.8 Å². The minimum absolute atomic E-state index is 0.107. The lowest BCUT2D eigenvalue weighted by molar-refractivity contribution is -0.120. The molecule has 1 heterocycles. The summed E-state index contributed by atoms with van der Waals surface area (Å²) in [6, 6.07) is 0.